The molecule has 7 heteroatoms. The number of ether oxygens (including phenoxy) is 1. The van der Waals surface area contributed by atoms with Crippen LogP contribution in [0.2, 0.25) is 0 Å². The number of benzene rings is 1. The Labute approximate surface area is 124 Å². The standard InChI is InChI=1S/C14H19N3O3S/c1-17(2)21(18,19)16-10-5-11-20-13-8-3-6-12-7-4-9-15-14(12)13/h3-4,6-9,16H,5,10-11H2,1-2H3. The molecule has 0 saturated heterocycles. The zero-order valence-corrected chi connectivity index (χ0v) is 12.9. The van der Waals surface area contributed by atoms with E-state index < -0.39 is 10.2 Å². The van der Waals surface area contributed by atoms with Gasteiger partial charge >= 0.3 is 0 Å². The largest absolute Gasteiger partial charge is 0.491 e. The Bertz CT molecular complexity index is 696. The quantitative estimate of drug-likeness (QED) is 0.785. The third kappa shape index (κ3) is 4.13. The van der Waals surface area contributed by atoms with E-state index in [0.717, 1.165) is 15.2 Å². The molecule has 0 aliphatic rings. The second kappa shape index (κ2) is 6.84. The fraction of sp³-hybridized carbons (Fsp3) is 0.357. The van der Waals surface area contributed by atoms with E-state index in [2.05, 4.69) is 9.71 Å². The van der Waals surface area contributed by atoms with Crippen molar-refractivity contribution in [2.24, 2.45) is 0 Å². The molecule has 0 aliphatic carbocycles. The summed E-state index contributed by atoms with van der Waals surface area (Å²) in [6.45, 7) is 0.754. The topological polar surface area (TPSA) is 71.5 Å². The van der Waals surface area contributed by atoms with Gasteiger partial charge in [0.05, 0.1) is 6.61 Å². The van der Waals surface area contributed by atoms with Crippen LogP contribution >= 0.6 is 0 Å². The lowest BCUT2D eigenvalue weighted by Crippen LogP contribution is -2.36. The van der Waals surface area contributed by atoms with Gasteiger partial charge in [-0.2, -0.15) is 12.7 Å². The molecule has 0 atom stereocenters. The molecular weight excluding hydrogens is 290 g/mol. The summed E-state index contributed by atoms with van der Waals surface area (Å²) in [6, 6.07) is 9.59. The van der Waals surface area contributed by atoms with E-state index in [1.807, 2.05) is 30.3 Å². The van der Waals surface area contributed by atoms with Crippen molar-refractivity contribution in [3.8, 4) is 5.75 Å². The van der Waals surface area contributed by atoms with Crippen molar-refractivity contribution >= 4 is 21.1 Å². The zero-order chi connectivity index (χ0) is 15.3. The minimum Gasteiger partial charge on any atom is -0.491 e. The summed E-state index contributed by atoms with van der Waals surface area (Å²) in [6.07, 6.45) is 2.30. The smallest absolute Gasteiger partial charge is 0.278 e. The fourth-order valence-corrected chi connectivity index (χ4v) is 2.44. The highest BCUT2D eigenvalue weighted by molar-refractivity contribution is 7.87. The van der Waals surface area contributed by atoms with E-state index in [4.69, 9.17) is 4.74 Å². The van der Waals surface area contributed by atoms with Crippen molar-refractivity contribution in [1.82, 2.24) is 14.0 Å². The molecule has 21 heavy (non-hydrogen) atoms. The van der Waals surface area contributed by atoms with Gasteiger partial charge < -0.3 is 4.74 Å². The van der Waals surface area contributed by atoms with E-state index in [1.165, 1.54) is 14.1 Å². The number of nitrogens with zero attached hydrogens (tertiary/aromatic N) is 2. The molecule has 0 fully saturated rings. The fourth-order valence-electron chi connectivity index (χ4n) is 1.78. The van der Waals surface area contributed by atoms with Gasteiger partial charge in [0, 0.05) is 32.2 Å². The molecule has 1 N–H and O–H groups in total. The molecule has 0 unspecified atom stereocenters. The van der Waals surface area contributed by atoms with Crippen LogP contribution in [0.5, 0.6) is 5.75 Å². The first-order chi connectivity index (χ1) is 10.0. The van der Waals surface area contributed by atoms with Gasteiger partial charge in [-0.15, -0.1) is 0 Å². The maximum Gasteiger partial charge on any atom is 0.278 e. The highest BCUT2D eigenvalue weighted by atomic mass is 32.2. The SMILES string of the molecule is CN(C)S(=O)(=O)NCCCOc1cccc2cccnc12. The number of nitrogens with one attached hydrogen (secondary N) is 1. The Morgan fingerprint density at radius 1 is 1.24 bits per heavy atom. The third-order valence-electron chi connectivity index (χ3n) is 2.94. The Balaban J connectivity index is 1.86. The monoisotopic (exact) mass is 309 g/mol. The van der Waals surface area contributed by atoms with E-state index in [9.17, 15) is 8.42 Å². The molecule has 0 aliphatic heterocycles. The number of hydrogen-bond donors (Lipinski definition) is 1. The molecule has 1 aromatic heterocycles. The predicted octanol–water partition coefficient (Wildman–Crippen LogP) is 1.40. The Morgan fingerprint density at radius 2 is 2.00 bits per heavy atom. The van der Waals surface area contributed by atoms with Crippen molar-refractivity contribution in [3.05, 3.63) is 36.5 Å². The molecule has 0 bridgehead atoms. The number of pyridine rings is 1. The van der Waals surface area contributed by atoms with Crippen LogP contribution in [0.3, 0.4) is 0 Å². The van der Waals surface area contributed by atoms with Gasteiger partial charge in [0.15, 0.2) is 0 Å². The Morgan fingerprint density at radius 3 is 2.76 bits per heavy atom. The van der Waals surface area contributed by atoms with Crippen LogP contribution in [-0.4, -0.2) is 45.0 Å². The average Bonchev–Trinajstić information content (AvgIpc) is 2.47. The van der Waals surface area contributed by atoms with Gasteiger partial charge in [0.25, 0.3) is 10.2 Å². The highest BCUT2D eigenvalue weighted by Gasteiger charge is 2.11. The van der Waals surface area contributed by atoms with Crippen LogP contribution in [0, 0.1) is 0 Å². The van der Waals surface area contributed by atoms with Gasteiger partial charge in [-0.1, -0.05) is 18.2 Å². The molecule has 0 spiro atoms. The molecule has 0 radical (unpaired) electrons. The minimum atomic E-state index is -3.36. The number of rotatable bonds is 7. The summed E-state index contributed by atoms with van der Waals surface area (Å²) in [5, 5.41) is 1.02. The first-order valence-electron chi connectivity index (χ1n) is 6.64. The Kier molecular flexibility index (Phi) is 5.11. The number of fused-ring (bicyclic) bond motifs is 1. The number of hydrogen-bond acceptors (Lipinski definition) is 4. The molecule has 0 saturated carbocycles. The molecular formula is C14H19N3O3S. The van der Waals surface area contributed by atoms with Crippen LogP contribution in [0.4, 0.5) is 0 Å². The minimum absolute atomic E-state index is 0.332. The molecule has 6 nitrogen and oxygen atoms in total. The van der Waals surface area contributed by atoms with E-state index in [-0.39, 0.29) is 0 Å². The van der Waals surface area contributed by atoms with Crippen LogP contribution in [-0.2, 0) is 10.2 Å². The Hall–Kier alpha value is -1.70. The third-order valence-corrected chi connectivity index (χ3v) is 4.47. The maximum absolute atomic E-state index is 11.5. The second-order valence-electron chi connectivity index (χ2n) is 4.72. The van der Waals surface area contributed by atoms with Gasteiger partial charge in [-0.3, -0.25) is 4.98 Å². The number of para-hydroxylation sites is 1. The van der Waals surface area contributed by atoms with E-state index >= 15 is 0 Å². The molecule has 2 aromatic rings. The molecule has 0 amide bonds. The van der Waals surface area contributed by atoms with Crippen LogP contribution in [0.25, 0.3) is 10.9 Å². The van der Waals surface area contributed by atoms with Crippen LogP contribution in [0.1, 0.15) is 6.42 Å². The van der Waals surface area contributed by atoms with Gasteiger partial charge in [0.2, 0.25) is 0 Å². The van der Waals surface area contributed by atoms with E-state index in [1.54, 1.807) is 6.20 Å². The lowest BCUT2D eigenvalue weighted by atomic mass is 10.2. The van der Waals surface area contributed by atoms with Gasteiger partial charge in [-0.05, 0) is 18.6 Å². The van der Waals surface area contributed by atoms with Crippen LogP contribution in [0.15, 0.2) is 36.5 Å². The average molecular weight is 309 g/mol. The van der Waals surface area contributed by atoms with Crippen molar-refractivity contribution in [2.75, 3.05) is 27.2 Å². The summed E-state index contributed by atoms with van der Waals surface area (Å²) in [5.41, 5.74) is 0.814. The lowest BCUT2D eigenvalue weighted by Gasteiger charge is -2.12. The van der Waals surface area contributed by atoms with Crippen molar-refractivity contribution < 1.29 is 13.2 Å². The summed E-state index contributed by atoms with van der Waals surface area (Å²) in [5.74, 6) is 0.712. The highest BCUT2D eigenvalue weighted by Crippen LogP contribution is 2.22. The summed E-state index contributed by atoms with van der Waals surface area (Å²) >= 11 is 0. The van der Waals surface area contributed by atoms with E-state index in [0.29, 0.717) is 25.3 Å². The normalized spacial score (nSPS) is 12.0. The summed E-state index contributed by atoms with van der Waals surface area (Å²) < 4.78 is 32.3. The van der Waals surface area contributed by atoms with Crippen LogP contribution < -0.4 is 9.46 Å². The van der Waals surface area contributed by atoms with Crippen molar-refractivity contribution in [2.45, 2.75) is 6.42 Å². The molecule has 114 valence electrons. The number of aromatic nitrogens is 1. The summed E-state index contributed by atoms with van der Waals surface area (Å²) in [4.78, 5) is 4.30. The molecule has 2 rings (SSSR count). The molecule has 1 aromatic carbocycles. The van der Waals surface area contributed by atoms with Crippen molar-refractivity contribution in [3.63, 3.8) is 0 Å². The molecule has 1 heterocycles. The van der Waals surface area contributed by atoms with Crippen molar-refractivity contribution in [1.29, 1.82) is 0 Å². The lowest BCUT2D eigenvalue weighted by molar-refractivity contribution is 0.314. The zero-order valence-electron chi connectivity index (χ0n) is 12.1. The van der Waals surface area contributed by atoms with Gasteiger partial charge in [-0.25, -0.2) is 4.72 Å². The summed E-state index contributed by atoms with van der Waals surface area (Å²) in [7, 11) is -0.389. The second-order valence-corrected chi connectivity index (χ2v) is 6.68. The first kappa shape index (κ1) is 15.7. The first-order valence-corrected chi connectivity index (χ1v) is 8.08. The predicted molar refractivity (Wildman–Crippen MR) is 82.5 cm³/mol. The maximum atomic E-state index is 11.5. The van der Waals surface area contributed by atoms with Gasteiger partial charge in [0.1, 0.15) is 11.3 Å².